The molecule has 2 N–H and O–H groups in total. The number of piperidine rings is 1. The van der Waals surface area contributed by atoms with Gasteiger partial charge in [0.15, 0.2) is 17.0 Å². The molecule has 0 radical (unpaired) electrons. The number of rotatable bonds is 8. The van der Waals surface area contributed by atoms with Crippen molar-refractivity contribution in [3.63, 3.8) is 0 Å². The van der Waals surface area contributed by atoms with Gasteiger partial charge in [0.05, 0.1) is 35.9 Å². The smallest absolute Gasteiger partial charge is 0.213 e. The molecule has 1 unspecified atom stereocenters. The Kier molecular flexibility index (Phi) is 7.68. The number of methoxy groups -OCH3 is 1. The Labute approximate surface area is 242 Å². The number of hydrogen-bond donors (Lipinski definition) is 1. The second-order valence-electron chi connectivity index (χ2n) is 11.0. The minimum Gasteiger partial charge on any atom is -0.486 e. The molecule has 0 bridgehead atoms. The van der Waals surface area contributed by atoms with E-state index in [9.17, 15) is 13.6 Å². The molecule has 0 aliphatic carbocycles. The van der Waals surface area contributed by atoms with E-state index in [0.29, 0.717) is 42.3 Å². The van der Waals surface area contributed by atoms with E-state index < -0.39 is 11.6 Å². The molecule has 3 aromatic heterocycles. The highest BCUT2D eigenvalue weighted by Gasteiger charge is 2.30. The fraction of sp³-hybridized carbons (Fsp3) is 0.387. The molecule has 4 aromatic rings. The van der Waals surface area contributed by atoms with Gasteiger partial charge in [-0.3, -0.25) is 9.69 Å². The molecule has 2 aliphatic heterocycles. The fourth-order valence-electron chi connectivity index (χ4n) is 6.09. The van der Waals surface area contributed by atoms with Crippen molar-refractivity contribution in [2.75, 3.05) is 37.4 Å². The largest absolute Gasteiger partial charge is 0.486 e. The summed E-state index contributed by atoms with van der Waals surface area (Å²) in [6.45, 7) is 4.68. The number of halogens is 2. The van der Waals surface area contributed by atoms with E-state index in [1.54, 1.807) is 25.6 Å². The van der Waals surface area contributed by atoms with Crippen molar-refractivity contribution in [1.29, 1.82) is 0 Å². The minimum absolute atomic E-state index is 0.0951. The van der Waals surface area contributed by atoms with E-state index in [-0.39, 0.29) is 35.3 Å². The predicted molar refractivity (Wildman–Crippen MR) is 157 cm³/mol. The maximum Gasteiger partial charge on any atom is 0.213 e. The Morgan fingerprint density at radius 1 is 1.19 bits per heavy atom. The second kappa shape index (κ2) is 11.6. The van der Waals surface area contributed by atoms with Gasteiger partial charge >= 0.3 is 0 Å². The molecular formula is C31H34F2N6O3. The van der Waals surface area contributed by atoms with Crippen molar-refractivity contribution in [2.45, 2.75) is 51.4 Å². The molecule has 0 spiro atoms. The van der Waals surface area contributed by atoms with Gasteiger partial charge in [0.25, 0.3) is 0 Å². The number of benzene rings is 1. The van der Waals surface area contributed by atoms with Crippen LogP contribution in [-0.2, 0) is 13.1 Å². The van der Waals surface area contributed by atoms with Gasteiger partial charge in [0.2, 0.25) is 11.7 Å². The summed E-state index contributed by atoms with van der Waals surface area (Å²) in [5.41, 5.74) is 8.31. The summed E-state index contributed by atoms with van der Waals surface area (Å²) in [5, 5.41) is 0.128. The van der Waals surface area contributed by atoms with Crippen molar-refractivity contribution < 1.29 is 18.3 Å². The van der Waals surface area contributed by atoms with E-state index in [2.05, 4.69) is 19.8 Å². The summed E-state index contributed by atoms with van der Waals surface area (Å²) in [4.78, 5) is 27.0. The minimum atomic E-state index is -1.09. The second-order valence-corrected chi connectivity index (χ2v) is 11.0. The highest BCUT2D eigenvalue weighted by atomic mass is 19.2. The lowest BCUT2D eigenvalue weighted by molar-refractivity contribution is 0.157. The molecule has 11 heteroatoms. The molecule has 2 aliphatic rings. The zero-order valence-electron chi connectivity index (χ0n) is 23.7. The molecule has 1 aromatic carbocycles. The molecule has 1 fully saturated rings. The first kappa shape index (κ1) is 27.9. The average Bonchev–Trinajstić information content (AvgIpc) is 3.01. The van der Waals surface area contributed by atoms with E-state index in [4.69, 9.17) is 15.2 Å². The molecule has 42 heavy (non-hydrogen) atoms. The van der Waals surface area contributed by atoms with Crippen LogP contribution in [-0.4, -0.2) is 52.3 Å². The van der Waals surface area contributed by atoms with E-state index in [1.807, 2.05) is 35.9 Å². The molecule has 2 atom stereocenters. The third-order valence-electron chi connectivity index (χ3n) is 8.34. The van der Waals surface area contributed by atoms with Crippen LogP contribution in [0.15, 0.2) is 53.7 Å². The van der Waals surface area contributed by atoms with E-state index in [0.717, 1.165) is 43.2 Å². The van der Waals surface area contributed by atoms with Crippen LogP contribution < -0.4 is 25.5 Å². The van der Waals surface area contributed by atoms with Crippen molar-refractivity contribution in [3.05, 3.63) is 81.9 Å². The van der Waals surface area contributed by atoms with Crippen LogP contribution in [0.1, 0.15) is 43.4 Å². The molecule has 220 valence electrons. The number of nitrogen functional groups attached to an aromatic ring is 1. The highest BCUT2D eigenvalue weighted by Crippen LogP contribution is 2.36. The Hall–Kier alpha value is -4.25. The molecule has 5 heterocycles. The molecule has 0 saturated carbocycles. The van der Waals surface area contributed by atoms with Crippen LogP contribution in [0.2, 0.25) is 0 Å². The molecule has 1 saturated heterocycles. The molecule has 9 nitrogen and oxygen atoms in total. The van der Waals surface area contributed by atoms with Gasteiger partial charge in [0.1, 0.15) is 12.4 Å². The van der Waals surface area contributed by atoms with Gasteiger partial charge < -0.3 is 24.7 Å². The summed E-state index contributed by atoms with van der Waals surface area (Å²) in [7, 11) is 1.58. The van der Waals surface area contributed by atoms with E-state index >= 15 is 0 Å². The van der Waals surface area contributed by atoms with Crippen LogP contribution in [0, 0.1) is 11.6 Å². The van der Waals surface area contributed by atoms with Gasteiger partial charge in [-0.25, -0.2) is 14.4 Å². The van der Waals surface area contributed by atoms with Gasteiger partial charge in [-0.2, -0.15) is 4.39 Å². The fourth-order valence-corrected chi connectivity index (χ4v) is 6.09. The van der Waals surface area contributed by atoms with Gasteiger partial charge in [-0.05, 0) is 49.1 Å². The topological polar surface area (TPSA) is 98.7 Å². The summed E-state index contributed by atoms with van der Waals surface area (Å²) >= 11 is 0. The lowest BCUT2D eigenvalue weighted by Crippen LogP contribution is -2.48. The third kappa shape index (κ3) is 5.24. The van der Waals surface area contributed by atoms with Crippen LogP contribution in [0.4, 0.5) is 20.3 Å². The van der Waals surface area contributed by atoms with Gasteiger partial charge in [0, 0.05) is 56.2 Å². The third-order valence-corrected chi connectivity index (χ3v) is 8.34. The zero-order valence-corrected chi connectivity index (χ0v) is 23.7. The number of nitrogens with two attached hydrogens (primary N) is 1. The summed E-state index contributed by atoms with van der Waals surface area (Å²) in [5.74, 6) is -1.37. The Morgan fingerprint density at radius 2 is 2.05 bits per heavy atom. The van der Waals surface area contributed by atoms with Gasteiger partial charge in [-0.15, -0.1) is 0 Å². The Balaban J connectivity index is 1.40. The number of ether oxygens (including phenoxy) is 2. The molecular weight excluding hydrogens is 542 g/mol. The quantitative estimate of drug-likeness (QED) is 0.323. The predicted octanol–water partition coefficient (Wildman–Crippen LogP) is 4.68. The monoisotopic (exact) mass is 576 g/mol. The number of anilines is 2. The van der Waals surface area contributed by atoms with Crippen molar-refractivity contribution >= 4 is 22.4 Å². The zero-order chi connectivity index (χ0) is 29.4. The number of pyridine rings is 3. The lowest BCUT2D eigenvalue weighted by Gasteiger charge is -2.40. The number of aromatic nitrogens is 3. The Bertz CT molecular complexity index is 1660. The summed E-state index contributed by atoms with van der Waals surface area (Å²) in [6.07, 6.45) is 7.90. The van der Waals surface area contributed by atoms with Crippen molar-refractivity contribution in [1.82, 2.24) is 19.4 Å². The summed E-state index contributed by atoms with van der Waals surface area (Å²) < 4.78 is 42.2. The van der Waals surface area contributed by atoms with Crippen molar-refractivity contribution in [3.8, 4) is 11.6 Å². The van der Waals surface area contributed by atoms with Crippen LogP contribution in [0.25, 0.3) is 10.9 Å². The van der Waals surface area contributed by atoms with Gasteiger partial charge in [-0.1, -0.05) is 6.92 Å². The summed E-state index contributed by atoms with van der Waals surface area (Å²) in [6, 6.07) is 8.59. The standard InChI is InChI=1S/C31H34F2N6O3/c1-3-21-18-42-31-28(33)25(32)12-24-29(31)39(21)16-20(30(24)40)15-38(14-19-8-9-35-27(11-19)41-2)23-5-4-10-37(17-23)22-6-7-26(34)36-13-22/h6-9,11-13,16,21,23H,3-5,10,14-15,17-18H2,1-2H3,(H2,34,36)/t21?,23-/m0/s1. The maximum atomic E-state index is 14.7. The van der Waals surface area contributed by atoms with Crippen molar-refractivity contribution in [2.24, 2.45) is 0 Å². The first-order chi connectivity index (χ1) is 20.4. The SMILES string of the molecule is CCC1COc2c(F)c(F)cc3c(=O)c(CN(Cc4ccnc(OC)c4)[C@H]4CCCN(c5ccc(N)nc5)C4)cn1c23. The Morgan fingerprint density at radius 3 is 2.81 bits per heavy atom. The first-order valence-corrected chi connectivity index (χ1v) is 14.2. The average molecular weight is 577 g/mol. The normalized spacial score (nSPS) is 18.4. The highest BCUT2D eigenvalue weighted by molar-refractivity contribution is 5.86. The maximum absolute atomic E-state index is 14.7. The number of nitrogens with zero attached hydrogens (tertiary/aromatic N) is 5. The number of hydrogen-bond acceptors (Lipinski definition) is 8. The van der Waals surface area contributed by atoms with E-state index in [1.165, 1.54) is 0 Å². The lowest BCUT2D eigenvalue weighted by atomic mass is 10.0. The van der Waals surface area contributed by atoms with Crippen LogP contribution in [0.3, 0.4) is 0 Å². The first-order valence-electron chi connectivity index (χ1n) is 14.2. The molecule has 6 rings (SSSR count). The molecule has 0 amide bonds. The van der Waals surface area contributed by atoms with Crippen LogP contribution in [0.5, 0.6) is 11.6 Å². The van der Waals surface area contributed by atoms with Crippen LogP contribution >= 0.6 is 0 Å².